The molecule has 4 rings (SSSR count). The Morgan fingerprint density at radius 3 is 2.96 bits per heavy atom. The van der Waals surface area contributed by atoms with Crippen LogP contribution in [0.2, 0.25) is 0 Å². The van der Waals surface area contributed by atoms with Crippen LogP contribution in [0.1, 0.15) is 44.3 Å². The van der Waals surface area contributed by atoms with Crippen LogP contribution in [0.4, 0.5) is 0 Å². The third kappa shape index (κ3) is 3.61. The molecule has 1 aliphatic heterocycles. The SMILES string of the molecule is CC(C)Cc1noc(C2CCCN(S(=O)(=O)c3ccc4[nH]c(=O)oc4c3)C2)n1. The monoisotopic (exact) mass is 406 g/mol. The molecule has 0 amide bonds. The highest BCUT2D eigenvalue weighted by molar-refractivity contribution is 7.89. The number of oxazole rings is 1. The number of aromatic nitrogens is 3. The number of hydrogen-bond acceptors (Lipinski definition) is 7. The molecule has 0 spiro atoms. The average Bonchev–Trinajstić information content (AvgIpc) is 3.26. The Bertz CT molecular complexity index is 1140. The van der Waals surface area contributed by atoms with Crippen molar-refractivity contribution in [2.75, 3.05) is 13.1 Å². The van der Waals surface area contributed by atoms with Crippen LogP contribution in [0.25, 0.3) is 11.1 Å². The minimum atomic E-state index is -3.73. The first-order valence-corrected chi connectivity index (χ1v) is 10.7. The highest BCUT2D eigenvalue weighted by Crippen LogP contribution is 2.30. The normalized spacial score (nSPS) is 18.9. The van der Waals surface area contributed by atoms with E-state index in [1.807, 2.05) is 0 Å². The number of benzene rings is 1. The quantitative estimate of drug-likeness (QED) is 0.689. The number of hydrogen-bond donors (Lipinski definition) is 1. The van der Waals surface area contributed by atoms with E-state index in [1.165, 1.54) is 22.5 Å². The number of sulfonamides is 1. The smallest absolute Gasteiger partial charge is 0.408 e. The lowest BCUT2D eigenvalue weighted by molar-refractivity contribution is 0.265. The van der Waals surface area contributed by atoms with Gasteiger partial charge in [0.25, 0.3) is 0 Å². The molecule has 1 aromatic carbocycles. The van der Waals surface area contributed by atoms with Gasteiger partial charge in [-0.3, -0.25) is 4.98 Å². The first-order valence-electron chi connectivity index (χ1n) is 9.28. The van der Waals surface area contributed by atoms with Crippen molar-refractivity contribution < 1.29 is 17.4 Å². The molecule has 0 radical (unpaired) electrons. The molecular weight excluding hydrogens is 384 g/mol. The minimum Gasteiger partial charge on any atom is -0.408 e. The lowest BCUT2D eigenvalue weighted by Crippen LogP contribution is -2.39. The van der Waals surface area contributed by atoms with Crippen LogP contribution in [0, 0.1) is 5.92 Å². The summed E-state index contributed by atoms with van der Waals surface area (Å²) in [6.45, 7) is 4.85. The van der Waals surface area contributed by atoms with Gasteiger partial charge in [0.15, 0.2) is 11.4 Å². The Morgan fingerprint density at radius 1 is 1.36 bits per heavy atom. The third-order valence-electron chi connectivity index (χ3n) is 4.84. The molecule has 1 N–H and O–H groups in total. The number of H-pyrrole nitrogens is 1. The van der Waals surface area contributed by atoms with E-state index < -0.39 is 15.8 Å². The van der Waals surface area contributed by atoms with E-state index in [1.54, 1.807) is 0 Å². The van der Waals surface area contributed by atoms with E-state index in [-0.39, 0.29) is 22.9 Å². The fraction of sp³-hybridized carbons (Fsp3) is 0.500. The molecule has 1 aliphatic rings. The lowest BCUT2D eigenvalue weighted by atomic mass is 10.00. The highest BCUT2D eigenvalue weighted by Gasteiger charge is 2.33. The van der Waals surface area contributed by atoms with Crippen molar-refractivity contribution in [2.45, 2.75) is 43.9 Å². The van der Waals surface area contributed by atoms with Crippen molar-refractivity contribution in [1.82, 2.24) is 19.4 Å². The van der Waals surface area contributed by atoms with Crippen LogP contribution in [0.5, 0.6) is 0 Å². The van der Waals surface area contributed by atoms with E-state index in [9.17, 15) is 13.2 Å². The summed E-state index contributed by atoms with van der Waals surface area (Å²) >= 11 is 0. The molecule has 0 bridgehead atoms. The maximum absolute atomic E-state index is 13.1. The van der Waals surface area contributed by atoms with Gasteiger partial charge in [-0.15, -0.1) is 0 Å². The van der Waals surface area contributed by atoms with Crippen LogP contribution in [0.3, 0.4) is 0 Å². The Kier molecular flexibility index (Phi) is 4.84. The van der Waals surface area contributed by atoms with Gasteiger partial charge in [0.1, 0.15) is 0 Å². The Balaban J connectivity index is 1.57. The number of piperidine rings is 1. The summed E-state index contributed by atoms with van der Waals surface area (Å²) in [6, 6.07) is 4.38. The van der Waals surface area contributed by atoms with Gasteiger partial charge >= 0.3 is 5.76 Å². The van der Waals surface area contributed by atoms with Gasteiger partial charge in [-0.1, -0.05) is 19.0 Å². The number of nitrogens with zero attached hydrogens (tertiary/aromatic N) is 3. The van der Waals surface area contributed by atoms with Crippen molar-refractivity contribution in [3.05, 3.63) is 40.5 Å². The summed E-state index contributed by atoms with van der Waals surface area (Å²) in [4.78, 5) is 18.4. The topological polar surface area (TPSA) is 122 Å². The summed E-state index contributed by atoms with van der Waals surface area (Å²) in [5.74, 6) is 0.805. The molecular formula is C18H22N4O5S. The van der Waals surface area contributed by atoms with E-state index in [0.29, 0.717) is 36.1 Å². The molecule has 2 aromatic heterocycles. The molecule has 9 nitrogen and oxygen atoms in total. The van der Waals surface area contributed by atoms with Crippen LogP contribution in [-0.4, -0.2) is 40.9 Å². The largest absolute Gasteiger partial charge is 0.417 e. The lowest BCUT2D eigenvalue weighted by Gasteiger charge is -2.30. The van der Waals surface area contributed by atoms with Gasteiger partial charge < -0.3 is 8.94 Å². The van der Waals surface area contributed by atoms with E-state index in [0.717, 1.165) is 12.8 Å². The minimum absolute atomic E-state index is 0.0921. The Morgan fingerprint density at radius 2 is 2.18 bits per heavy atom. The third-order valence-corrected chi connectivity index (χ3v) is 6.70. The van der Waals surface area contributed by atoms with E-state index in [2.05, 4.69) is 29.0 Å². The predicted molar refractivity (Wildman–Crippen MR) is 100 cm³/mol. The van der Waals surface area contributed by atoms with E-state index in [4.69, 9.17) is 8.94 Å². The summed E-state index contributed by atoms with van der Waals surface area (Å²) in [6.07, 6.45) is 2.22. The molecule has 0 aliphatic carbocycles. The Hall–Kier alpha value is -2.46. The maximum atomic E-state index is 13.1. The van der Waals surface area contributed by atoms with Crippen LogP contribution < -0.4 is 5.76 Å². The molecule has 150 valence electrons. The molecule has 10 heteroatoms. The van der Waals surface area contributed by atoms with Gasteiger partial charge in [-0.2, -0.15) is 9.29 Å². The maximum Gasteiger partial charge on any atom is 0.417 e. The zero-order valence-corrected chi connectivity index (χ0v) is 16.5. The second kappa shape index (κ2) is 7.17. The fourth-order valence-corrected chi connectivity index (χ4v) is 5.02. The van der Waals surface area contributed by atoms with Gasteiger partial charge in [-0.05, 0) is 30.9 Å². The van der Waals surface area contributed by atoms with Crippen LogP contribution in [0.15, 0.2) is 36.8 Å². The predicted octanol–water partition coefficient (Wildman–Crippen LogP) is 2.27. The molecule has 28 heavy (non-hydrogen) atoms. The van der Waals surface area contributed by atoms with Crippen molar-refractivity contribution in [3.8, 4) is 0 Å². The van der Waals surface area contributed by atoms with Crippen molar-refractivity contribution in [1.29, 1.82) is 0 Å². The number of fused-ring (bicyclic) bond motifs is 1. The fourth-order valence-electron chi connectivity index (χ4n) is 3.48. The molecule has 1 atom stereocenters. The molecule has 0 saturated carbocycles. The van der Waals surface area contributed by atoms with Crippen LogP contribution >= 0.6 is 0 Å². The second-order valence-electron chi connectivity index (χ2n) is 7.52. The van der Waals surface area contributed by atoms with E-state index >= 15 is 0 Å². The molecule has 1 unspecified atom stereocenters. The van der Waals surface area contributed by atoms with Gasteiger partial charge in [0, 0.05) is 25.6 Å². The summed E-state index contributed by atoms with van der Waals surface area (Å²) in [5.41, 5.74) is 0.680. The van der Waals surface area contributed by atoms with Gasteiger partial charge in [0.2, 0.25) is 15.9 Å². The van der Waals surface area contributed by atoms with Crippen LogP contribution in [-0.2, 0) is 16.4 Å². The van der Waals surface area contributed by atoms with Crippen molar-refractivity contribution in [2.24, 2.45) is 5.92 Å². The van der Waals surface area contributed by atoms with Crippen molar-refractivity contribution >= 4 is 21.1 Å². The summed E-state index contributed by atoms with van der Waals surface area (Å²) < 4.78 is 38.0. The second-order valence-corrected chi connectivity index (χ2v) is 9.46. The molecule has 3 aromatic rings. The van der Waals surface area contributed by atoms with Gasteiger partial charge in [-0.25, -0.2) is 13.2 Å². The first kappa shape index (κ1) is 18.9. The number of aromatic amines is 1. The highest BCUT2D eigenvalue weighted by atomic mass is 32.2. The van der Waals surface area contributed by atoms with Gasteiger partial charge in [0.05, 0.1) is 16.3 Å². The van der Waals surface area contributed by atoms with Crippen molar-refractivity contribution in [3.63, 3.8) is 0 Å². The molecule has 1 fully saturated rings. The number of rotatable bonds is 5. The average molecular weight is 406 g/mol. The summed E-state index contributed by atoms with van der Waals surface area (Å²) in [7, 11) is -3.73. The first-order chi connectivity index (χ1) is 13.3. The standard InChI is InChI=1S/C18H22N4O5S/c1-11(2)8-16-20-17(27-21-16)12-4-3-7-22(10-12)28(24,25)13-5-6-14-15(9-13)26-18(23)19-14/h5-6,9,11-12H,3-4,7-8,10H2,1-2H3,(H,19,23). The molecule has 1 saturated heterocycles. The molecule has 3 heterocycles. The number of nitrogens with one attached hydrogen (secondary N) is 1. The zero-order chi connectivity index (χ0) is 19.9. The zero-order valence-electron chi connectivity index (χ0n) is 15.7. The Labute approximate surface area is 161 Å². The summed E-state index contributed by atoms with van der Waals surface area (Å²) in [5, 5.41) is 4.01.